The minimum atomic E-state index is 0.859. The Morgan fingerprint density at radius 1 is 1.36 bits per heavy atom. The molecule has 0 bridgehead atoms. The summed E-state index contributed by atoms with van der Waals surface area (Å²) >= 11 is 0. The van der Waals surface area contributed by atoms with Crippen LogP contribution in [0, 0.1) is 5.92 Å². The first kappa shape index (κ1) is 10.5. The smallest absolute Gasteiger partial charge is 0.0143 e. The van der Waals surface area contributed by atoms with Gasteiger partial charge >= 0.3 is 0 Å². The van der Waals surface area contributed by atoms with Crippen LogP contribution in [0.2, 0.25) is 0 Å². The van der Waals surface area contributed by atoms with Crippen molar-refractivity contribution in [1.82, 2.24) is 5.32 Å². The molecular weight excluding hydrogens is 134 g/mol. The van der Waals surface area contributed by atoms with Gasteiger partial charge in [0.05, 0.1) is 0 Å². The van der Waals surface area contributed by atoms with E-state index in [1.54, 1.807) is 0 Å². The van der Waals surface area contributed by atoms with Crippen LogP contribution in [0.25, 0.3) is 0 Å². The fourth-order valence-electron chi connectivity index (χ4n) is 0.818. The highest BCUT2D eigenvalue weighted by molar-refractivity contribution is 4.77. The molecule has 0 rings (SSSR count). The Labute approximate surface area is 70.9 Å². The van der Waals surface area contributed by atoms with Gasteiger partial charge in [0.15, 0.2) is 0 Å². The molecule has 1 N–H and O–H groups in total. The van der Waals surface area contributed by atoms with E-state index in [0.29, 0.717) is 0 Å². The molecule has 1 atom stereocenters. The SMILES string of the molecule is CCC=CNCCC(C)CC. The lowest BCUT2D eigenvalue weighted by Gasteiger charge is -2.06. The molecule has 0 aliphatic carbocycles. The summed E-state index contributed by atoms with van der Waals surface area (Å²) in [6.07, 6.45) is 7.90. The first-order chi connectivity index (χ1) is 5.31. The zero-order valence-corrected chi connectivity index (χ0v) is 8.06. The van der Waals surface area contributed by atoms with E-state index in [1.807, 2.05) is 0 Å². The number of allylic oxidation sites excluding steroid dienone is 1. The second-order valence-corrected chi connectivity index (χ2v) is 3.07. The third-order valence-electron chi connectivity index (χ3n) is 1.95. The molecule has 0 aromatic heterocycles. The van der Waals surface area contributed by atoms with E-state index < -0.39 is 0 Å². The van der Waals surface area contributed by atoms with E-state index in [4.69, 9.17) is 0 Å². The highest BCUT2D eigenvalue weighted by Gasteiger charge is 1.95. The van der Waals surface area contributed by atoms with Crippen molar-refractivity contribution in [1.29, 1.82) is 0 Å². The van der Waals surface area contributed by atoms with Crippen LogP contribution >= 0.6 is 0 Å². The molecule has 0 aromatic rings. The Morgan fingerprint density at radius 3 is 2.64 bits per heavy atom. The molecule has 1 nitrogen and oxygen atoms in total. The predicted octanol–water partition coefficient (Wildman–Crippen LogP) is 2.94. The van der Waals surface area contributed by atoms with Gasteiger partial charge in [0.25, 0.3) is 0 Å². The number of hydrogen-bond donors (Lipinski definition) is 1. The average Bonchev–Trinajstić information content (AvgIpc) is 2.04. The maximum atomic E-state index is 3.27. The summed E-state index contributed by atoms with van der Waals surface area (Å²) in [6.45, 7) is 7.80. The lowest BCUT2D eigenvalue weighted by molar-refractivity contribution is 0.508. The van der Waals surface area contributed by atoms with Crippen molar-refractivity contribution in [2.24, 2.45) is 5.92 Å². The zero-order valence-electron chi connectivity index (χ0n) is 8.06. The predicted molar refractivity (Wildman–Crippen MR) is 51.5 cm³/mol. The Morgan fingerprint density at radius 2 is 2.09 bits per heavy atom. The van der Waals surface area contributed by atoms with Crippen LogP contribution in [0.4, 0.5) is 0 Å². The summed E-state index contributed by atoms with van der Waals surface area (Å²) < 4.78 is 0. The van der Waals surface area contributed by atoms with Crippen LogP contribution in [-0.4, -0.2) is 6.54 Å². The second-order valence-electron chi connectivity index (χ2n) is 3.07. The summed E-state index contributed by atoms with van der Waals surface area (Å²) in [7, 11) is 0. The maximum absolute atomic E-state index is 3.27. The van der Waals surface area contributed by atoms with Gasteiger partial charge in [0, 0.05) is 6.54 Å². The van der Waals surface area contributed by atoms with E-state index in [1.165, 1.54) is 12.8 Å². The molecule has 0 heterocycles. The number of nitrogens with one attached hydrogen (secondary N) is 1. The average molecular weight is 155 g/mol. The first-order valence-electron chi connectivity index (χ1n) is 4.69. The summed E-state index contributed by atoms with van der Waals surface area (Å²) in [6, 6.07) is 0. The minimum absolute atomic E-state index is 0.859. The molecule has 66 valence electrons. The highest BCUT2D eigenvalue weighted by Crippen LogP contribution is 2.03. The third kappa shape index (κ3) is 7.44. The van der Waals surface area contributed by atoms with Gasteiger partial charge in [-0.25, -0.2) is 0 Å². The normalized spacial score (nSPS) is 13.7. The molecular formula is C10H21N. The van der Waals surface area contributed by atoms with Gasteiger partial charge in [-0.2, -0.15) is 0 Å². The Hall–Kier alpha value is -0.460. The molecule has 0 fully saturated rings. The highest BCUT2D eigenvalue weighted by atomic mass is 14.8. The van der Waals surface area contributed by atoms with Crippen molar-refractivity contribution >= 4 is 0 Å². The summed E-state index contributed by atoms with van der Waals surface area (Å²) in [4.78, 5) is 0. The van der Waals surface area contributed by atoms with Crippen molar-refractivity contribution in [2.45, 2.75) is 40.0 Å². The molecule has 0 aromatic carbocycles. The summed E-state index contributed by atoms with van der Waals surface area (Å²) in [5.74, 6) is 0.859. The molecule has 1 heteroatoms. The standard InChI is InChI=1S/C10H21N/c1-4-6-8-11-9-7-10(3)5-2/h6,8,10-11H,4-5,7,9H2,1-3H3. The molecule has 11 heavy (non-hydrogen) atoms. The van der Waals surface area contributed by atoms with Crippen LogP contribution in [0.15, 0.2) is 12.3 Å². The van der Waals surface area contributed by atoms with Crippen LogP contribution in [0.3, 0.4) is 0 Å². The molecule has 0 aliphatic rings. The van der Waals surface area contributed by atoms with Crippen LogP contribution in [0.5, 0.6) is 0 Å². The van der Waals surface area contributed by atoms with Crippen LogP contribution in [-0.2, 0) is 0 Å². The summed E-state index contributed by atoms with van der Waals surface area (Å²) in [5, 5.41) is 3.27. The first-order valence-corrected chi connectivity index (χ1v) is 4.69. The Bertz CT molecular complexity index is 97.0. The van der Waals surface area contributed by atoms with Gasteiger partial charge in [0.1, 0.15) is 0 Å². The van der Waals surface area contributed by atoms with Gasteiger partial charge < -0.3 is 5.32 Å². The van der Waals surface area contributed by atoms with Gasteiger partial charge in [-0.05, 0) is 25.0 Å². The molecule has 0 amide bonds. The van der Waals surface area contributed by atoms with Crippen molar-refractivity contribution in [2.75, 3.05) is 6.54 Å². The van der Waals surface area contributed by atoms with Gasteiger partial charge in [-0.3, -0.25) is 0 Å². The molecule has 0 saturated heterocycles. The number of rotatable bonds is 6. The number of hydrogen-bond acceptors (Lipinski definition) is 1. The third-order valence-corrected chi connectivity index (χ3v) is 1.95. The van der Waals surface area contributed by atoms with Crippen LogP contribution in [0.1, 0.15) is 40.0 Å². The molecule has 0 spiro atoms. The zero-order chi connectivity index (χ0) is 8.53. The van der Waals surface area contributed by atoms with E-state index in [0.717, 1.165) is 18.9 Å². The quantitative estimate of drug-likeness (QED) is 0.581. The van der Waals surface area contributed by atoms with Crippen molar-refractivity contribution in [3.8, 4) is 0 Å². The van der Waals surface area contributed by atoms with Gasteiger partial charge in [0.2, 0.25) is 0 Å². The van der Waals surface area contributed by atoms with Gasteiger partial charge in [-0.15, -0.1) is 0 Å². The van der Waals surface area contributed by atoms with Crippen molar-refractivity contribution in [3.05, 3.63) is 12.3 Å². The topological polar surface area (TPSA) is 12.0 Å². The maximum Gasteiger partial charge on any atom is 0.0143 e. The van der Waals surface area contributed by atoms with E-state index >= 15 is 0 Å². The largest absolute Gasteiger partial charge is 0.391 e. The molecule has 0 aliphatic heterocycles. The summed E-state index contributed by atoms with van der Waals surface area (Å²) in [5.41, 5.74) is 0. The van der Waals surface area contributed by atoms with Crippen molar-refractivity contribution < 1.29 is 0 Å². The molecule has 1 unspecified atom stereocenters. The fraction of sp³-hybridized carbons (Fsp3) is 0.800. The molecule has 0 saturated carbocycles. The van der Waals surface area contributed by atoms with E-state index in [2.05, 4.69) is 38.4 Å². The van der Waals surface area contributed by atoms with Crippen LogP contribution < -0.4 is 5.32 Å². The minimum Gasteiger partial charge on any atom is -0.391 e. The van der Waals surface area contributed by atoms with Gasteiger partial charge in [-0.1, -0.05) is 33.3 Å². The Kier molecular flexibility index (Phi) is 7.33. The lowest BCUT2D eigenvalue weighted by atomic mass is 10.1. The fourth-order valence-corrected chi connectivity index (χ4v) is 0.818. The van der Waals surface area contributed by atoms with E-state index in [-0.39, 0.29) is 0 Å². The second kappa shape index (κ2) is 7.64. The molecule has 0 radical (unpaired) electrons. The van der Waals surface area contributed by atoms with Crippen molar-refractivity contribution in [3.63, 3.8) is 0 Å². The van der Waals surface area contributed by atoms with E-state index in [9.17, 15) is 0 Å². The Balaban J connectivity index is 3.07. The lowest BCUT2D eigenvalue weighted by Crippen LogP contribution is -2.10. The monoisotopic (exact) mass is 155 g/mol.